The predicted octanol–water partition coefficient (Wildman–Crippen LogP) is 1.38. The van der Waals surface area contributed by atoms with Gasteiger partial charge in [0.05, 0.1) is 11.5 Å². The number of hydrogen-bond acceptors (Lipinski definition) is 4. The lowest BCUT2D eigenvalue weighted by atomic mass is 10.3. The number of rotatable bonds is 5. The van der Waals surface area contributed by atoms with Crippen molar-refractivity contribution in [2.24, 2.45) is 0 Å². The Labute approximate surface area is 110 Å². The fourth-order valence-corrected chi connectivity index (χ4v) is 1.91. The third-order valence-corrected chi connectivity index (χ3v) is 3.36. The summed E-state index contributed by atoms with van der Waals surface area (Å²) in [5.74, 6) is 0. The molecule has 1 aromatic rings. The molecule has 0 atom stereocenters. The fraction of sp³-hybridized carbons (Fsp3) is 0.300. The van der Waals surface area contributed by atoms with Crippen molar-refractivity contribution in [2.75, 3.05) is 25.6 Å². The molecule has 0 unspecified atom stereocenters. The van der Waals surface area contributed by atoms with Gasteiger partial charge in [0.2, 0.25) is 0 Å². The zero-order chi connectivity index (χ0) is 13.6. The average molecular weight is 293 g/mol. The van der Waals surface area contributed by atoms with Gasteiger partial charge in [0.15, 0.2) is 0 Å². The van der Waals surface area contributed by atoms with Gasteiger partial charge in [-0.3, -0.25) is 0 Å². The molecule has 0 radical (unpaired) electrons. The lowest BCUT2D eigenvalue weighted by Crippen LogP contribution is -2.31. The smallest absolute Gasteiger partial charge is 0.319 e. The Morgan fingerprint density at radius 2 is 1.94 bits per heavy atom. The van der Waals surface area contributed by atoms with Crippen LogP contribution in [0.4, 0.5) is 10.5 Å². The minimum absolute atomic E-state index is 0.0190. The Hall–Kier alpha value is -1.31. The molecular formula is C10H13ClN2O4S. The summed E-state index contributed by atoms with van der Waals surface area (Å²) in [6, 6.07) is 5.13. The highest BCUT2D eigenvalue weighted by atomic mass is 35.7. The fourth-order valence-electron chi connectivity index (χ4n) is 1.14. The second-order valence-corrected chi connectivity index (χ2v) is 5.90. The number of carbonyl (C=O) groups is 1. The summed E-state index contributed by atoms with van der Waals surface area (Å²) in [5.41, 5.74) is 0.467. The lowest BCUT2D eigenvalue weighted by Gasteiger charge is -2.07. The maximum Gasteiger partial charge on any atom is 0.319 e. The second kappa shape index (κ2) is 6.58. The van der Waals surface area contributed by atoms with E-state index in [0.29, 0.717) is 18.8 Å². The summed E-state index contributed by atoms with van der Waals surface area (Å²) in [6.07, 6.45) is 0. The first kappa shape index (κ1) is 14.7. The van der Waals surface area contributed by atoms with Crippen molar-refractivity contribution in [1.82, 2.24) is 5.32 Å². The van der Waals surface area contributed by atoms with Crippen LogP contribution in [0.3, 0.4) is 0 Å². The highest BCUT2D eigenvalue weighted by Gasteiger charge is 2.09. The number of nitrogens with one attached hydrogen (secondary N) is 2. The van der Waals surface area contributed by atoms with E-state index in [1.54, 1.807) is 0 Å². The van der Waals surface area contributed by atoms with E-state index in [1.165, 1.54) is 31.4 Å². The maximum atomic E-state index is 11.3. The first-order valence-corrected chi connectivity index (χ1v) is 7.33. The van der Waals surface area contributed by atoms with Crippen molar-refractivity contribution < 1.29 is 17.9 Å². The van der Waals surface area contributed by atoms with Crippen molar-refractivity contribution in [2.45, 2.75) is 4.90 Å². The Kier molecular flexibility index (Phi) is 5.39. The Morgan fingerprint density at radius 3 is 2.44 bits per heavy atom. The number of urea groups is 1. The molecule has 2 N–H and O–H groups in total. The Morgan fingerprint density at radius 1 is 1.33 bits per heavy atom. The van der Waals surface area contributed by atoms with Gasteiger partial charge in [-0.25, -0.2) is 13.2 Å². The molecule has 0 spiro atoms. The van der Waals surface area contributed by atoms with Gasteiger partial charge in [-0.05, 0) is 24.3 Å². The average Bonchev–Trinajstić information content (AvgIpc) is 2.29. The number of amides is 2. The molecule has 0 saturated heterocycles. The van der Waals surface area contributed by atoms with Crippen LogP contribution in [0.2, 0.25) is 0 Å². The van der Waals surface area contributed by atoms with Gasteiger partial charge in [-0.2, -0.15) is 0 Å². The number of ether oxygens (including phenoxy) is 1. The minimum Gasteiger partial charge on any atom is -0.383 e. The molecule has 2 amide bonds. The van der Waals surface area contributed by atoms with Gasteiger partial charge in [0.1, 0.15) is 0 Å². The van der Waals surface area contributed by atoms with Gasteiger partial charge in [0, 0.05) is 30.0 Å². The van der Waals surface area contributed by atoms with E-state index in [1.807, 2.05) is 0 Å². The van der Waals surface area contributed by atoms with Crippen LogP contribution in [0.15, 0.2) is 29.2 Å². The number of halogens is 1. The molecule has 0 aliphatic rings. The van der Waals surface area contributed by atoms with E-state index in [2.05, 4.69) is 10.6 Å². The molecule has 1 rings (SSSR count). The molecular weight excluding hydrogens is 280 g/mol. The molecule has 0 fully saturated rings. The quantitative estimate of drug-likeness (QED) is 0.634. The third kappa shape index (κ3) is 4.91. The SMILES string of the molecule is COCCNC(=O)Nc1ccc(S(=O)(=O)Cl)cc1. The highest BCUT2D eigenvalue weighted by Crippen LogP contribution is 2.17. The first-order chi connectivity index (χ1) is 8.43. The van der Waals surface area contributed by atoms with Crippen molar-refractivity contribution in [1.29, 1.82) is 0 Å². The van der Waals surface area contributed by atoms with Gasteiger partial charge in [0.25, 0.3) is 9.05 Å². The molecule has 0 aromatic heterocycles. The predicted molar refractivity (Wildman–Crippen MR) is 68.4 cm³/mol. The highest BCUT2D eigenvalue weighted by molar-refractivity contribution is 8.13. The second-order valence-electron chi connectivity index (χ2n) is 3.34. The van der Waals surface area contributed by atoms with Crippen LogP contribution >= 0.6 is 10.7 Å². The van der Waals surface area contributed by atoms with Gasteiger partial charge in [-0.15, -0.1) is 0 Å². The number of carbonyl (C=O) groups excluding carboxylic acids is 1. The molecule has 0 saturated carbocycles. The van der Waals surface area contributed by atoms with E-state index in [4.69, 9.17) is 15.4 Å². The zero-order valence-electron chi connectivity index (χ0n) is 9.64. The molecule has 0 bridgehead atoms. The topological polar surface area (TPSA) is 84.5 Å². The van der Waals surface area contributed by atoms with Crippen LogP contribution in [0.5, 0.6) is 0 Å². The van der Waals surface area contributed by atoms with E-state index >= 15 is 0 Å². The molecule has 6 nitrogen and oxygen atoms in total. The van der Waals surface area contributed by atoms with Gasteiger partial charge < -0.3 is 15.4 Å². The zero-order valence-corrected chi connectivity index (χ0v) is 11.2. The number of benzene rings is 1. The number of methoxy groups -OCH3 is 1. The molecule has 8 heteroatoms. The minimum atomic E-state index is -3.74. The summed E-state index contributed by atoms with van der Waals surface area (Å²) in [4.78, 5) is 11.3. The van der Waals surface area contributed by atoms with Crippen LogP contribution in [0.25, 0.3) is 0 Å². The van der Waals surface area contributed by atoms with E-state index in [9.17, 15) is 13.2 Å². The molecule has 0 aliphatic carbocycles. The van der Waals surface area contributed by atoms with Gasteiger partial charge >= 0.3 is 6.03 Å². The van der Waals surface area contributed by atoms with Crippen LogP contribution in [0.1, 0.15) is 0 Å². The Balaban J connectivity index is 2.56. The molecule has 18 heavy (non-hydrogen) atoms. The van der Waals surface area contributed by atoms with Crippen molar-refractivity contribution in [3.63, 3.8) is 0 Å². The van der Waals surface area contributed by atoms with E-state index in [0.717, 1.165) is 0 Å². The van der Waals surface area contributed by atoms with Crippen LogP contribution in [0, 0.1) is 0 Å². The largest absolute Gasteiger partial charge is 0.383 e. The van der Waals surface area contributed by atoms with Crippen molar-refractivity contribution in [3.8, 4) is 0 Å². The van der Waals surface area contributed by atoms with Crippen molar-refractivity contribution in [3.05, 3.63) is 24.3 Å². The monoisotopic (exact) mass is 292 g/mol. The lowest BCUT2D eigenvalue weighted by molar-refractivity contribution is 0.198. The summed E-state index contributed by atoms with van der Waals surface area (Å²) in [5, 5.41) is 5.09. The van der Waals surface area contributed by atoms with Crippen LogP contribution in [-0.4, -0.2) is 34.7 Å². The molecule has 1 aromatic carbocycles. The maximum absolute atomic E-state index is 11.3. The molecule has 0 heterocycles. The number of hydrogen-bond donors (Lipinski definition) is 2. The number of anilines is 1. The van der Waals surface area contributed by atoms with E-state index < -0.39 is 15.1 Å². The van der Waals surface area contributed by atoms with Gasteiger partial charge in [-0.1, -0.05) is 0 Å². The Bertz CT molecular complexity index is 501. The first-order valence-electron chi connectivity index (χ1n) is 5.02. The molecule has 100 valence electrons. The summed E-state index contributed by atoms with van der Waals surface area (Å²) >= 11 is 0. The summed E-state index contributed by atoms with van der Waals surface area (Å²) < 4.78 is 26.8. The third-order valence-electron chi connectivity index (χ3n) is 1.99. The summed E-state index contributed by atoms with van der Waals surface area (Å²) in [7, 11) is 2.95. The van der Waals surface area contributed by atoms with Crippen LogP contribution in [-0.2, 0) is 13.8 Å². The van der Waals surface area contributed by atoms with E-state index in [-0.39, 0.29) is 4.90 Å². The normalized spacial score (nSPS) is 11.0. The van der Waals surface area contributed by atoms with Crippen LogP contribution < -0.4 is 10.6 Å². The van der Waals surface area contributed by atoms with Crippen molar-refractivity contribution >= 4 is 31.5 Å². The summed E-state index contributed by atoms with van der Waals surface area (Å²) in [6.45, 7) is 0.799. The standard InChI is InChI=1S/C10H13ClN2O4S/c1-17-7-6-12-10(14)13-8-2-4-9(5-3-8)18(11,15)16/h2-5H,6-7H2,1H3,(H2,12,13,14). The molecule has 0 aliphatic heterocycles.